The fourth-order valence-electron chi connectivity index (χ4n) is 1.24. The highest BCUT2D eigenvalue weighted by Gasteiger charge is 2.01. The molecule has 1 heterocycles. The second-order valence-corrected chi connectivity index (χ2v) is 3.57. The molecule has 0 unspecified atom stereocenters. The Labute approximate surface area is 97.9 Å². The highest BCUT2D eigenvalue weighted by Crippen LogP contribution is 2.16. The minimum atomic E-state index is 0.251. The summed E-state index contributed by atoms with van der Waals surface area (Å²) in [4.78, 5) is 7.96. The van der Waals surface area contributed by atoms with Gasteiger partial charge < -0.3 is 10.4 Å². The molecule has 0 saturated carbocycles. The number of nitrogens with zero attached hydrogens (tertiary/aromatic N) is 2. The van der Waals surface area contributed by atoms with Crippen LogP contribution in [0.5, 0.6) is 5.75 Å². The number of hydrogen-bond acceptors (Lipinski definition) is 4. The Balaban J connectivity index is 2.02. The van der Waals surface area contributed by atoms with Gasteiger partial charge >= 0.3 is 0 Å². The summed E-state index contributed by atoms with van der Waals surface area (Å²) in [5, 5.41) is 12.5. The van der Waals surface area contributed by atoms with E-state index in [1.165, 1.54) is 6.20 Å². The van der Waals surface area contributed by atoms with Crippen molar-refractivity contribution in [3.05, 3.63) is 47.4 Å². The normalized spacial score (nSPS) is 10.1. The summed E-state index contributed by atoms with van der Waals surface area (Å²) in [7, 11) is 0. The van der Waals surface area contributed by atoms with Gasteiger partial charge in [-0.15, -0.1) is 0 Å². The third-order valence-corrected chi connectivity index (χ3v) is 2.33. The van der Waals surface area contributed by atoms with E-state index in [1.807, 2.05) is 12.1 Å². The average molecular weight is 236 g/mol. The molecular formula is C11H10ClN3O. The molecule has 1 aromatic carbocycles. The largest absolute Gasteiger partial charge is 0.508 e. The minimum Gasteiger partial charge on any atom is -0.508 e. The van der Waals surface area contributed by atoms with Crippen molar-refractivity contribution < 1.29 is 5.11 Å². The van der Waals surface area contributed by atoms with Gasteiger partial charge in [0.15, 0.2) is 11.0 Å². The first-order chi connectivity index (χ1) is 7.75. The van der Waals surface area contributed by atoms with Gasteiger partial charge in [0.2, 0.25) is 0 Å². The average Bonchev–Trinajstić information content (AvgIpc) is 2.30. The first-order valence-electron chi connectivity index (χ1n) is 4.74. The quantitative estimate of drug-likeness (QED) is 0.858. The van der Waals surface area contributed by atoms with E-state index in [-0.39, 0.29) is 5.75 Å². The van der Waals surface area contributed by atoms with Crippen LogP contribution in [0.1, 0.15) is 5.56 Å². The molecule has 0 aliphatic carbocycles. The molecule has 0 aliphatic heterocycles. The summed E-state index contributed by atoms with van der Waals surface area (Å²) in [6, 6.07) is 6.92. The maximum Gasteiger partial charge on any atom is 0.171 e. The number of phenols is 1. The molecule has 2 N–H and O–H groups in total. The number of anilines is 1. The zero-order valence-electron chi connectivity index (χ0n) is 8.39. The third kappa shape index (κ3) is 2.61. The number of benzene rings is 1. The molecular weight excluding hydrogens is 226 g/mol. The van der Waals surface area contributed by atoms with Crippen LogP contribution in [0, 0.1) is 0 Å². The lowest BCUT2D eigenvalue weighted by Crippen LogP contribution is -2.02. The van der Waals surface area contributed by atoms with Gasteiger partial charge in [0.25, 0.3) is 0 Å². The van der Waals surface area contributed by atoms with E-state index in [0.717, 1.165) is 5.56 Å². The first kappa shape index (κ1) is 10.7. The topological polar surface area (TPSA) is 58.0 Å². The summed E-state index contributed by atoms with van der Waals surface area (Å²) in [5.74, 6) is 0.804. The van der Waals surface area contributed by atoms with Crippen molar-refractivity contribution in [3.8, 4) is 5.75 Å². The molecule has 0 bridgehead atoms. The molecule has 0 amide bonds. The van der Waals surface area contributed by atoms with Gasteiger partial charge in [0.1, 0.15) is 5.75 Å². The first-order valence-corrected chi connectivity index (χ1v) is 5.12. The molecule has 0 atom stereocenters. The van der Waals surface area contributed by atoms with Crippen LogP contribution in [-0.4, -0.2) is 15.1 Å². The van der Waals surface area contributed by atoms with Gasteiger partial charge in [0, 0.05) is 18.9 Å². The molecule has 5 heteroatoms. The van der Waals surface area contributed by atoms with E-state index >= 15 is 0 Å². The lowest BCUT2D eigenvalue weighted by molar-refractivity contribution is 0.475. The van der Waals surface area contributed by atoms with Crippen molar-refractivity contribution in [2.24, 2.45) is 0 Å². The number of aromatic hydroxyl groups is 1. The van der Waals surface area contributed by atoms with Crippen molar-refractivity contribution in [3.63, 3.8) is 0 Å². The fourth-order valence-corrected chi connectivity index (χ4v) is 1.41. The summed E-state index contributed by atoms with van der Waals surface area (Å²) in [6.45, 7) is 0.582. The van der Waals surface area contributed by atoms with Crippen molar-refractivity contribution in [1.29, 1.82) is 0 Å². The van der Waals surface area contributed by atoms with Crippen molar-refractivity contribution in [2.45, 2.75) is 6.54 Å². The van der Waals surface area contributed by atoms with Crippen molar-refractivity contribution in [1.82, 2.24) is 9.97 Å². The minimum absolute atomic E-state index is 0.251. The number of halogens is 1. The fraction of sp³-hybridized carbons (Fsp3) is 0.0909. The monoisotopic (exact) mass is 235 g/mol. The van der Waals surface area contributed by atoms with Gasteiger partial charge in [-0.25, -0.2) is 9.97 Å². The van der Waals surface area contributed by atoms with E-state index in [0.29, 0.717) is 17.5 Å². The highest BCUT2D eigenvalue weighted by atomic mass is 35.5. The summed E-state index contributed by atoms with van der Waals surface area (Å²) in [5.41, 5.74) is 1.03. The molecule has 1 aromatic heterocycles. The van der Waals surface area contributed by atoms with Crippen LogP contribution in [0.25, 0.3) is 0 Å². The molecule has 82 valence electrons. The van der Waals surface area contributed by atoms with E-state index in [1.54, 1.807) is 18.3 Å². The SMILES string of the molecule is Oc1ccc(CNc2nccnc2Cl)cc1. The van der Waals surface area contributed by atoms with E-state index in [2.05, 4.69) is 15.3 Å². The van der Waals surface area contributed by atoms with Gasteiger partial charge in [-0.1, -0.05) is 23.7 Å². The molecule has 4 nitrogen and oxygen atoms in total. The van der Waals surface area contributed by atoms with Gasteiger partial charge in [-0.05, 0) is 17.7 Å². The predicted octanol–water partition coefficient (Wildman–Crippen LogP) is 2.45. The molecule has 2 aromatic rings. The van der Waals surface area contributed by atoms with E-state index in [9.17, 15) is 0 Å². The highest BCUT2D eigenvalue weighted by molar-refractivity contribution is 6.31. The number of phenolic OH excluding ortho intramolecular Hbond substituents is 1. The molecule has 0 spiro atoms. The zero-order chi connectivity index (χ0) is 11.4. The number of aromatic nitrogens is 2. The molecule has 0 fully saturated rings. The maximum atomic E-state index is 9.12. The Morgan fingerprint density at radius 3 is 2.50 bits per heavy atom. The van der Waals surface area contributed by atoms with Gasteiger partial charge in [0.05, 0.1) is 0 Å². The molecule has 0 aliphatic rings. The zero-order valence-corrected chi connectivity index (χ0v) is 9.15. The van der Waals surface area contributed by atoms with Crippen molar-refractivity contribution in [2.75, 3.05) is 5.32 Å². The molecule has 2 rings (SSSR count). The Bertz CT molecular complexity index is 473. The van der Waals surface area contributed by atoms with Gasteiger partial charge in [-0.2, -0.15) is 0 Å². The number of nitrogens with one attached hydrogen (secondary N) is 1. The lowest BCUT2D eigenvalue weighted by atomic mass is 10.2. The summed E-state index contributed by atoms with van der Waals surface area (Å²) < 4.78 is 0. The van der Waals surface area contributed by atoms with Crippen LogP contribution in [0.15, 0.2) is 36.7 Å². The lowest BCUT2D eigenvalue weighted by Gasteiger charge is -2.06. The van der Waals surface area contributed by atoms with Crippen LogP contribution in [0.2, 0.25) is 5.15 Å². The standard InChI is InChI=1S/C11H10ClN3O/c12-10-11(14-6-5-13-10)15-7-8-1-3-9(16)4-2-8/h1-6,16H,7H2,(H,14,15). The third-order valence-electron chi connectivity index (χ3n) is 2.05. The summed E-state index contributed by atoms with van der Waals surface area (Å²) in [6.07, 6.45) is 3.11. The Morgan fingerprint density at radius 2 is 1.81 bits per heavy atom. The smallest absolute Gasteiger partial charge is 0.171 e. The van der Waals surface area contributed by atoms with Crippen molar-refractivity contribution >= 4 is 17.4 Å². The molecule has 0 saturated heterocycles. The number of hydrogen-bond donors (Lipinski definition) is 2. The number of rotatable bonds is 3. The second kappa shape index (κ2) is 4.81. The second-order valence-electron chi connectivity index (χ2n) is 3.22. The Hall–Kier alpha value is -1.81. The van der Waals surface area contributed by atoms with E-state index < -0.39 is 0 Å². The van der Waals surface area contributed by atoms with E-state index in [4.69, 9.17) is 16.7 Å². The van der Waals surface area contributed by atoms with Crippen LogP contribution in [0.4, 0.5) is 5.82 Å². The van der Waals surface area contributed by atoms with Crippen LogP contribution < -0.4 is 5.32 Å². The van der Waals surface area contributed by atoms with Gasteiger partial charge in [-0.3, -0.25) is 0 Å². The maximum absolute atomic E-state index is 9.12. The molecule has 0 radical (unpaired) electrons. The van der Waals surface area contributed by atoms with Crippen LogP contribution >= 0.6 is 11.6 Å². The predicted molar refractivity (Wildman–Crippen MR) is 62.5 cm³/mol. The van der Waals surface area contributed by atoms with Crippen LogP contribution in [0.3, 0.4) is 0 Å². The van der Waals surface area contributed by atoms with Crippen LogP contribution in [-0.2, 0) is 6.54 Å². The Kier molecular flexibility index (Phi) is 3.22. The summed E-state index contributed by atoms with van der Waals surface area (Å²) >= 11 is 5.84. The molecule has 16 heavy (non-hydrogen) atoms. The Morgan fingerprint density at radius 1 is 1.12 bits per heavy atom.